The lowest BCUT2D eigenvalue weighted by Gasteiger charge is -2.24. The molecule has 17 heavy (non-hydrogen) atoms. The van der Waals surface area contributed by atoms with Gasteiger partial charge < -0.3 is 15.1 Å². The van der Waals surface area contributed by atoms with E-state index in [1.54, 1.807) is 13.8 Å². The fourth-order valence-corrected chi connectivity index (χ4v) is 1.80. The maximum atomic E-state index is 11.7. The van der Waals surface area contributed by atoms with Crippen molar-refractivity contribution in [1.29, 1.82) is 0 Å². The Balaban J connectivity index is 0.000000770. The van der Waals surface area contributed by atoms with Gasteiger partial charge in [-0.3, -0.25) is 4.79 Å². The molecule has 100 valence electrons. The lowest BCUT2D eigenvalue weighted by atomic mass is 10.1. The number of thiol groups is 1. The van der Waals surface area contributed by atoms with E-state index in [1.165, 1.54) is 4.90 Å². The van der Waals surface area contributed by atoms with Crippen molar-refractivity contribution in [2.24, 2.45) is 5.92 Å². The summed E-state index contributed by atoms with van der Waals surface area (Å²) in [6.45, 7) is 4.26. The Hall–Kier alpha value is -0.750. The van der Waals surface area contributed by atoms with Crippen molar-refractivity contribution in [3.63, 3.8) is 0 Å². The summed E-state index contributed by atoms with van der Waals surface area (Å²) < 4.78 is 0. The van der Waals surface area contributed by atoms with Crippen LogP contribution >= 0.6 is 12.6 Å². The van der Waals surface area contributed by atoms with Crippen LogP contribution in [0.2, 0.25) is 0 Å². The maximum absolute atomic E-state index is 11.7. The highest BCUT2D eigenvalue weighted by Crippen LogP contribution is 2.20. The summed E-state index contributed by atoms with van der Waals surface area (Å²) in [4.78, 5) is 24.0. The molecule has 2 atom stereocenters. The number of rotatable bonds is 3. The molecule has 2 N–H and O–H groups in total. The molecule has 0 spiro atoms. The number of carbonyl (C=O) groups is 2. The summed E-state index contributed by atoms with van der Waals surface area (Å²) >= 11 is 4.03. The highest BCUT2D eigenvalue weighted by molar-refractivity contribution is 7.80. The van der Waals surface area contributed by atoms with Gasteiger partial charge in [0, 0.05) is 24.8 Å². The average Bonchev–Trinajstić information content (AvgIpc) is 2.77. The Labute approximate surface area is 107 Å². The third-order valence-corrected chi connectivity index (χ3v) is 3.06. The van der Waals surface area contributed by atoms with Crippen molar-refractivity contribution >= 4 is 24.5 Å². The van der Waals surface area contributed by atoms with E-state index in [-0.39, 0.29) is 18.4 Å². The van der Waals surface area contributed by atoms with Crippen molar-refractivity contribution in [3.8, 4) is 0 Å². The van der Waals surface area contributed by atoms with Gasteiger partial charge in [0.2, 0.25) is 5.91 Å². The summed E-state index contributed by atoms with van der Waals surface area (Å²) in [5, 5.41) is 16.4. The molecular weight excluding hydrogens is 242 g/mol. The van der Waals surface area contributed by atoms with Crippen LogP contribution in [0.1, 0.15) is 26.7 Å². The zero-order chi connectivity index (χ0) is 13.4. The highest BCUT2D eigenvalue weighted by Gasteiger charge is 2.35. The van der Waals surface area contributed by atoms with Crippen LogP contribution in [0.15, 0.2) is 0 Å². The van der Waals surface area contributed by atoms with Gasteiger partial charge in [-0.15, -0.1) is 0 Å². The van der Waals surface area contributed by atoms with Gasteiger partial charge in [-0.1, -0.05) is 6.92 Å². The second-order valence-corrected chi connectivity index (χ2v) is 4.29. The van der Waals surface area contributed by atoms with Crippen molar-refractivity contribution in [1.82, 2.24) is 4.90 Å². The first-order valence-electron chi connectivity index (χ1n) is 5.74. The summed E-state index contributed by atoms with van der Waals surface area (Å²) in [5.74, 6) is -0.729. The molecule has 0 aliphatic carbocycles. The topological polar surface area (TPSA) is 77.8 Å². The van der Waals surface area contributed by atoms with E-state index in [9.17, 15) is 9.59 Å². The number of carbonyl (C=O) groups excluding carboxylic acids is 1. The number of hydrogen-bond acceptors (Lipinski definition) is 4. The molecule has 1 rings (SSSR count). The molecule has 0 radical (unpaired) electrons. The van der Waals surface area contributed by atoms with Crippen molar-refractivity contribution in [2.75, 3.05) is 18.9 Å². The van der Waals surface area contributed by atoms with E-state index in [0.29, 0.717) is 18.7 Å². The number of amides is 1. The first-order chi connectivity index (χ1) is 7.99. The van der Waals surface area contributed by atoms with Gasteiger partial charge >= 0.3 is 5.97 Å². The third-order valence-electron chi connectivity index (χ3n) is 2.52. The number of aliphatic hydroxyl groups excluding tert-OH is 1. The van der Waals surface area contributed by atoms with Gasteiger partial charge in [0.25, 0.3) is 0 Å². The van der Waals surface area contributed by atoms with E-state index < -0.39 is 12.0 Å². The molecule has 5 nitrogen and oxygen atoms in total. The second-order valence-electron chi connectivity index (χ2n) is 3.93. The van der Waals surface area contributed by atoms with Crippen LogP contribution in [-0.2, 0) is 9.59 Å². The molecule has 0 aromatic heterocycles. The first kappa shape index (κ1) is 16.2. The Morgan fingerprint density at radius 1 is 1.53 bits per heavy atom. The number of nitrogens with zero attached hydrogens (tertiary/aromatic N) is 1. The van der Waals surface area contributed by atoms with Crippen molar-refractivity contribution in [3.05, 3.63) is 0 Å². The average molecular weight is 263 g/mol. The van der Waals surface area contributed by atoms with Gasteiger partial charge in [-0.2, -0.15) is 12.6 Å². The Morgan fingerprint density at radius 3 is 2.47 bits per heavy atom. The van der Waals surface area contributed by atoms with Gasteiger partial charge in [-0.25, -0.2) is 4.79 Å². The van der Waals surface area contributed by atoms with Gasteiger partial charge in [0.15, 0.2) is 0 Å². The predicted molar refractivity (Wildman–Crippen MR) is 68.1 cm³/mol. The molecule has 1 heterocycles. The quantitative estimate of drug-likeness (QED) is 0.653. The Kier molecular flexibility index (Phi) is 7.99. The molecule has 1 amide bonds. The predicted octanol–water partition coefficient (Wildman–Crippen LogP) is 0.627. The van der Waals surface area contributed by atoms with Crippen molar-refractivity contribution < 1.29 is 19.8 Å². The monoisotopic (exact) mass is 263 g/mol. The number of aliphatic carboxylic acids is 1. The van der Waals surface area contributed by atoms with Crippen LogP contribution in [0.5, 0.6) is 0 Å². The summed E-state index contributed by atoms with van der Waals surface area (Å²) in [6.07, 6.45) is 1.35. The molecule has 0 bridgehead atoms. The van der Waals surface area contributed by atoms with Crippen LogP contribution in [0.4, 0.5) is 0 Å². The highest BCUT2D eigenvalue weighted by atomic mass is 32.1. The van der Waals surface area contributed by atoms with Crippen LogP contribution in [-0.4, -0.2) is 51.9 Å². The van der Waals surface area contributed by atoms with Gasteiger partial charge in [0.1, 0.15) is 6.04 Å². The van der Waals surface area contributed by atoms with E-state index >= 15 is 0 Å². The summed E-state index contributed by atoms with van der Waals surface area (Å²) in [7, 11) is 0. The normalized spacial score (nSPS) is 20.5. The number of hydrogen-bond donors (Lipinski definition) is 3. The SMILES string of the molecule is CC(CS)C(=O)N1CCC[C@H]1C(=O)O.CCO. The smallest absolute Gasteiger partial charge is 0.326 e. The molecule has 1 aliphatic rings. The lowest BCUT2D eigenvalue weighted by Crippen LogP contribution is -2.43. The third kappa shape index (κ3) is 4.95. The second kappa shape index (κ2) is 8.36. The Morgan fingerprint density at radius 2 is 2.06 bits per heavy atom. The number of likely N-dealkylation sites (tertiary alicyclic amines) is 1. The number of aliphatic hydroxyl groups is 1. The van der Waals surface area contributed by atoms with Crippen LogP contribution in [0.3, 0.4) is 0 Å². The van der Waals surface area contributed by atoms with Crippen molar-refractivity contribution in [2.45, 2.75) is 32.7 Å². The Bertz CT molecular complexity index is 260. The van der Waals surface area contributed by atoms with E-state index in [4.69, 9.17) is 10.2 Å². The minimum absolute atomic E-state index is 0.0927. The molecule has 1 unspecified atom stereocenters. The number of carboxylic acid groups (broad SMARTS) is 1. The molecule has 0 aromatic carbocycles. The minimum atomic E-state index is -0.901. The van der Waals surface area contributed by atoms with E-state index in [1.807, 2.05) is 0 Å². The standard InChI is InChI=1S/C9H15NO3S.C2H6O/c1-6(5-14)8(11)10-4-2-3-7(10)9(12)13;1-2-3/h6-7,14H,2-5H2,1H3,(H,12,13);3H,2H2,1H3/t6?,7-;/m0./s1. The summed E-state index contributed by atoms with van der Waals surface area (Å²) in [5.41, 5.74) is 0. The van der Waals surface area contributed by atoms with Crippen LogP contribution in [0.25, 0.3) is 0 Å². The maximum Gasteiger partial charge on any atom is 0.326 e. The lowest BCUT2D eigenvalue weighted by molar-refractivity contribution is -0.149. The molecule has 0 aromatic rings. The fraction of sp³-hybridized carbons (Fsp3) is 0.818. The largest absolute Gasteiger partial charge is 0.480 e. The number of carboxylic acids is 1. The summed E-state index contributed by atoms with van der Waals surface area (Å²) in [6, 6.07) is -0.621. The zero-order valence-electron chi connectivity index (χ0n) is 10.3. The van der Waals surface area contributed by atoms with Gasteiger partial charge in [0.05, 0.1) is 0 Å². The van der Waals surface area contributed by atoms with Gasteiger partial charge in [-0.05, 0) is 19.8 Å². The molecule has 1 aliphatic heterocycles. The molecule has 6 heteroatoms. The van der Waals surface area contributed by atoms with E-state index in [0.717, 1.165) is 6.42 Å². The molecule has 0 saturated carbocycles. The first-order valence-corrected chi connectivity index (χ1v) is 6.37. The molecule has 1 saturated heterocycles. The van der Waals surface area contributed by atoms with Crippen LogP contribution in [0, 0.1) is 5.92 Å². The minimum Gasteiger partial charge on any atom is -0.480 e. The van der Waals surface area contributed by atoms with E-state index in [2.05, 4.69) is 12.6 Å². The zero-order valence-corrected chi connectivity index (χ0v) is 11.2. The fourth-order valence-electron chi connectivity index (χ4n) is 1.65. The van der Waals surface area contributed by atoms with Crippen LogP contribution < -0.4 is 0 Å². The molecule has 1 fully saturated rings. The molecular formula is C11H21NO4S.